The van der Waals surface area contributed by atoms with Gasteiger partial charge < -0.3 is 14.4 Å². The van der Waals surface area contributed by atoms with E-state index in [9.17, 15) is 23.1 Å². The summed E-state index contributed by atoms with van der Waals surface area (Å²) in [5, 5.41) is 11.5. The van der Waals surface area contributed by atoms with Crippen LogP contribution in [0.5, 0.6) is 11.6 Å². The lowest BCUT2D eigenvalue weighted by molar-refractivity contribution is -0.140. The molecule has 0 amide bonds. The molecular formula is C29H26F3N7O3. The van der Waals surface area contributed by atoms with Crippen LogP contribution in [0.25, 0.3) is 33.8 Å². The molecule has 1 aromatic carbocycles. The number of aromatic hydroxyl groups is 1. The minimum Gasteiger partial charge on any atom is -0.508 e. The second-order valence-electron chi connectivity index (χ2n) is 10.4. The van der Waals surface area contributed by atoms with Gasteiger partial charge in [-0.05, 0) is 38.8 Å². The van der Waals surface area contributed by atoms with E-state index in [1.807, 2.05) is 0 Å². The van der Waals surface area contributed by atoms with Gasteiger partial charge in [-0.25, -0.2) is 24.9 Å². The topological polar surface area (TPSA) is 121 Å². The maximum atomic E-state index is 13.4. The smallest absolute Gasteiger partial charge is 0.434 e. The van der Waals surface area contributed by atoms with Crippen LogP contribution in [0.4, 0.5) is 13.2 Å². The summed E-state index contributed by atoms with van der Waals surface area (Å²) in [6.07, 6.45) is 1.35. The molecule has 4 aromatic heterocycles. The molecule has 13 heteroatoms. The van der Waals surface area contributed by atoms with E-state index in [0.717, 1.165) is 24.7 Å². The SMILES string of the molecule is COc1ncnc(C2CC2)c1-c1ncc2ccc(=O)n(Cc3ccc(-c4nc(C(F)(F)F)cn4C(C)C)cc3O)c2n1. The molecule has 1 fully saturated rings. The fourth-order valence-corrected chi connectivity index (χ4v) is 4.90. The minimum absolute atomic E-state index is 0.0525. The van der Waals surface area contributed by atoms with Gasteiger partial charge in [0.25, 0.3) is 5.56 Å². The first-order valence-electron chi connectivity index (χ1n) is 13.3. The van der Waals surface area contributed by atoms with E-state index >= 15 is 0 Å². The monoisotopic (exact) mass is 577 g/mol. The van der Waals surface area contributed by atoms with Gasteiger partial charge in [-0.3, -0.25) is 9.36 Å². The normalized spacial score (nSPS) is 13.7. The van der Waals surface area contributed by atoms with Crippen LogP contribution in [-0.2, 0) is 12.7 Å². The Morgan fingerprint density at radius 1 is 1.10 bits per heavy atom. The highest BCUT2D eigenvalue weighted by Gasteiger charge is 2.35. The number of alkyl halides is 3. The minimum atomic E-state index is -4.61. The lowest BCUT2D eigenvalue weighted by atomic mass is 10.1. The third kappa shape index (κ3) is 4.95. The average molecular weight is 578 g/mol. The second-order valence-corrected chi connectivity index (χ2v) is 10.4. The third-order valence-corrected chi connectivity index (χ3v) is 7.20. The van der Waals surface area contributed by atoms with Crippen LogP contribution in [0.1, 0.15) is 55.6 Å². The Balaban J connectivity index is 1.41. The highest BCUT2D eigenvalue weighted by molar-refractivity contribution is 5.78. The van der Waals surface area contributed by atoms with E-state index in [2.05, 4.69) is 19.9 Å². The van der Waals surface area contributed by atoms with Crippen LogP contribution >= 0.6 is 0 Å². The fourth-order valence-electron chi connectivity index (χ4n) is 4.90. The molecule has 5 aromatic rings. The average Bonchev–Trinajstić information content (AvgIpc) is 3.70. The molecule has 0 saturated heterocycles. The number of phenolic OH excluding ortho intramolecular Hbond substituents is 1. The summed E-state index contributed by atoms with van der Waals surface area (Å²) in [5.74, 6) is 0.763. The molecule has 0 atom stereocenters. The van der Waals surface area contributed by atoms with Crippen molar-refractivity contribution in [2.45, 2.75) is 51.4 Å². The number of phenols is 1. The van der Waals surface area contributed by atoms with Crippen molar-refractivity contribution < 1.29 is 23.0 Å². The Kier molecular flexibility index (Phi) is 6.66. The van der Waals surface area contributed by atoms with Crippen molar-refractivity contribution in [2.75, 3.05) is 7.11 Å². The Morgan fingerprint density at radius 3 is 2.55 bits per heavy atom. The largest absolute Gasteiger partial charge is 0.508 e. The number of hydrogen-bond acceptors (Lipinski definition) is 8. The Hall–Kier alpha value is -4.81. The fraction of sp³-hybridized carbons (Fsp3) is 0.310. The molecule has 216 valence electrons. The number of imidazole rings is 1. The number of rotatable bonds is 7. The first-order valence-corrected chi connectivity index (χ1v) is 13.3. The van der Waals surface area contributed by atoms with Gasteiger partial charge in [0, 0.05) is 46.9 Å². The first kappa shape index (κ1) is 27.4. The van der Waals surface area contributed by atoms with Crippen LogP contribution in [0.3, 0.4) is 0 Å². The Labute approximate surface area is 237 Å². The number of aromatic nitrogens is 7. The quantitative estimate of drug-likeness (QED) is 0.275. The summed E-state index contributed by atoms with van der Waals surface area (Å²) < 4.78 is 48.4. The predicted molar refractivity (Wildman–Crippen MR) is 147 cm³/mol. The van der Waals surface area contributed by atoms with Gasteiger partial charge in [0.15, 0.2) is 11.5 Å². The molecule has 1 saturated carbocycles. The van der Waals surface area contributed by atoms with Crippen molar-refractivity contribution in [3.05, 3.63) is 76.4 Å². The van der Waals surface area contributed by atoms with Crippen molar-refractivity contribution in [2.24, 2.45) is 0 Å². The molecule has 0 radical (unpaired) electrons. The molecule has 42 heavy (non-hydrogen) atoms. The zero-order valence-corrected chi connectivity index (χ0v) is 22.9. The molecule has 10 nitrogen and oxygen atoms in total. The summed E-state index contributed by atoms with van der Waals surface area (Å²) in [5.41, 5.74) is 0.975. The number of benzene rings is 1. The summed E-state index contributed by atoms with van der Waals surface area (Å²) in [7, 11) is 1.50. The van der Waals surface area contributed by atoms with Crippen LogP contribution in [0.2, 0.25) is 0 Å². The van der Waals surface area contributed by atoms with Crippen molar-refractivity contribution in [1.29, 1.82) is 0 Å². The number of pyridine rings is 1. The van der Waals surface area contributed by atoms with Gasteiger partial charge in [0.2, 0.25) is 5.88 Å². The zero-order chi connectivity index (χ0) is 29.8. The van der Waals surface area contributed by atoms with Crippen LogP contribution < -0.4 is 10.3 Å². The van der Waals surface area contributed by atoms with Crippen molar-refractivity contribution in [3.63, 3.8) is 0 Å². The van der Waals surface area contributed by atoms with Gasteiger partial charge in [-0.1, -0.05) is 12.1 Å². The lowest BCUT2D eigenvalue weighted by Crippen LogP contribution is -2.21. The maximum absolute atomic E-state index is 13.4. The van der Waals surface area contributed by atoms with E-state index in [1.165, 1.54) is 34.7 Å². The van der Waals surface area contributed by atoms with Crippen molar-refractivity contribution in [1.82, 2.24) is 34.1 Å². The Morgan fingerprint density at radius 2 is 1.88 bits per heavy atom. The molecular weight excluding hydrogens is 551 g/mol. The summed E-state index contributed by atoms with van der Waals surface area (Å²) in [4.78, 5) is 34.8. The van der Waals surface area contributed by atoms with Gasteiger partial charge in [0.1, 0.15) is 29.1 Å². The van der Waals surface area contributed by atoms with Gasteiger partial charge in [0.05, 0.1) is 19.3 Å². The van der Waals surface area contributed by atoms with E-state index < -0.39 is 11.9 Å². The number of hydrogen-bond donors (Lipinski definition) is 1. The molecule has 0 unspecified atom stereocenters. The third-order valence-electron chi connectivity index (χ3n) is 7.20. The maximum Gasteiger partial charge on any atom is 0.434 e. The predicted octanol–water partition coefficient (Wildman–Crippen LogP) is 5.35. The van der Waals surface area contributed by atoms with Gasteiger partial charge >= 0.3 is 6.18 Å². The summed E-state index contributed by atoms with van der Waals surface area (Å²) in [6, 6.07) is 7.18. The molecule has 1 aliphatic carbocycles. The van der Waals surface area contributed by atoms with E-state index in [1.54, 1.807) is 38.2 Å². The first-order chi connectivity index (χ1) is 20.0. The zero-order valence-electron chi connectivity index (χ0n) is 22.9. The molecule has 1 N–H and O–H groups in total. The van der Waals surface area contributed by atoms with Gasteiger partial charge in [-0.15, -0.1) is 0 Å². The van der Waals surface area contributed by atoms with Gasteiger partial charge in [-0.2, -0.15) is 13.2 Å². The number of halogens is 3. The molecule has 0 bridgehead atoms. The second kappa shape index (κ2) is 10.2. The molecule has 4 heterocycles. The molecule has 0 aliphatic heterocycles. The number of ether oxygens (including phenoxy) is 1. The Bertz CT molecular complexity index is 1880. The van der Waals surface area contributed by atoms with Crippen LogP contribution in [0.15, 0.2) is 53.8 Å². The van der Waals surface area contributed by atoms with E-state index in [4.69, 9.17) is 9.72 Å². The van der Waals surface area contributed by atoms with Crippen molar-refractivity contribution >= 4 is 11.0 Å². The highest BCUT2D eigenvalue weighted by Crippen LogP contribution is 2.45. The molecule has 6 rings (SSSR count). The number of nitrogens with zero attached hydrogens (tertiary/aromatic N) is 7. The van der Waals surface area contributed by atoms with Crippen molar-refractivity contribution in [3.8, 4) is 34.4 Å². The summed E-state index contributed by atoms with van der Waals surface area (Å²) in [6.45, 7) is 3.43. The number of methoxy groups -OCH3 is 1. The highest BCUT2D eigenvalue weighted by atomic mass is 19.4. The van der Waals surface area contributed by atoms with Crippen LogP contribution in [-0.4, -0.2) is 46.3 Å². The molecule has 1 aliphatic rings. The van der Waals surface area contributed by atoms with E-state index in [0.29, 0.717) is 39.4 Å². The molecule has 0 spiro atoms. The lowest BCUT2D eigenvalue weighted by Gasteiger charge is -2.15. The summed E-state index contributed by atoms with van der Waals surface area (Å²) >= 11 is 0. The van der Waals surface area contributed by atoms with Crippen LogP contribution in [0, 0.1) is 0 Å². The van der Waals surface area contributed by atoms with E-state index in [-0.39, 0.29) is 35.6 Å². The number of fused-ring (bicyclic) bond motifs is 1. The standard InChI is InChI=1S/C29H26F3N7O3/c1-15(2)38-13-21(29(30,31)32)36-26(38)17-6-7-19(20(40)10-17)12-39-22(41)9-8-18-11-33-25(37-27(18)39)23-24(16-4-5-16)34-14-35-28(23)42-3/h6-11,13-16,40H,4-5,12H2,1-3H3.